The Kier molecular flexibility index (Phi) is 5.50. The zero-order chi connectivity index (χ0) is 13.4. The highest BCUT2D eigenvalue weighted by molar-refractivity contribution is 7.89. The van der Waals surface area contributed by atoms with Crippen molar-refractivity contribution < 1.29 is 12.8 Å². The normalized spacial score (nSPS) is 10.9. The number of hydrogen-bond donors (Lipinski definition) is 1. The van der Waals surface area contributed by atoms with Crippen LogP contribution in [0.2, 0.25) is 0 Å². The van der Waals surface area contributed by atoms with Crippen molar-refractivity contribution in [1.82, 2.24) is 9.71 Å². The zero-order valence-electron chi connectivity index (χ0n) is 9.45. The first-order chi connectivity index (χ1) is 8.58. The van der Waals surface area contributed by atoms with E-state index in [2.05, 4.69) is 19.7 Å². The minimum Gasteiger partial charge on any atom is -0.241 e. The summed E-state index contributed by atoms with van der Waals surface area (Å²) >= 11 is 0. The molecule has 0 bridgehead atoms. The summed E-state index contributed by atoms with van der Waals surface area (Å²) in [4.78, 5) is 6.05. The van der Waals surface area contributed by atoms with Crippen LogP contribution < -0.4 is 4.72 Å². The second-order valence-electron chi connectivity index (χ2n) is 3.35. The highest BCUT2D eigenvalue weighted by Crippen LogP contribution is 2.09. The predicted molar refractivity (Wildman–Crippen MR) is 62.6 cm³/mol. The van der Waals surface area contributed by atoms with Crippen LogP contribution in [0.15, 0.2) is 28.5 Å². The van der Waals surface area contributed by atoms with Crippen LogP contribution in [0.1, 0.15) is 12.8 Å². The molecular weight excluding hydrogens is 261 g/mol. The van der Waals surface area contributed by atoms with E-state index in [-0.39, 0.29) is 6.54 Å². The fraction of sp³-hybridized carbons (Fsp3) is 0.444. The van der Waals surface area contributed by atoms with Crippen molar-refractivity contribution in [2.45, 2.75) is 17.9 Å². The maximum absolute atomic E-state index is 13.2. The number of aromatic nitrogens is 1. The third-order valence-electron chi connectivity index (χ3n) is 2.02. The summed E-state index contributed by atoms with van der Waals surface area (Å²) in [7, 11) is -3.92. The lowest BCUT2D eigenvalue weighted by Gasteiger charge is -2.05. The van der Waals surface area contributed by atoms with Crippen LogP contribution in [0.5, 0.6) is 0 Å². The van der Waals surface area contributed by atoms with Crippen molar-refractivity contribution in [3.05, 3.63) is 34.6 Å². The highest BCUT2D eigenvalue weighted by atomic mass is 32.2. The number of sulfonamides is 1. The molecule has 0 aliphatic carbocycles. The Morgan fingerprint density at radius 3 is 2.94 bits per heavy atom. The lowest BCUT2D eigenvalue weighted by molar-refractivity contribution is 0.542. The average molecular weight is 273 g/mol. The van der Waals surface area contributed by atoms with Gasteiger partial charge in [-0.25, -0.2) is 22.5 Å². The van der Waals surface area contributed by atoms with Crippen molar-refractivity contribution >= 4 is 10.0 Å². The smallest absolute Gasteiger partial charge is 0.241 e. The lowest BCUT2D eigenvalue weighted by Crippen LogP contribution is -2.26. The van der Waals surface area contributed by atoms with E-state index in [4.69, 9.17) is 5.53 Å². The van der Waals surface area contributed by atoms with Gasteiger partial charge in [0, 0.05) is 24.2 Å². The standard InChI is InChI=1S/C9H12FN5O2S/c10-8-4-3-5-12-9(8)18(16,17)14-7-2-1-6-13-15-11/h3-5,14H,1-2,6-7H2. The fourth-order valence-corrected chi connectivity index (χ4v) is 2.27. The molecule has 1 heterocycles. The van der Waals surface area contributed by atoms with Crippen LogP contribution in [-0.2, 0) is 10.0 Å². The molecular formula is C9H12FN5O2S. The Labute approximate surface area is 104 Å². The van der Waals surface area contributed by atoms with E-state index in [9.17, 15) is 12.8 Å². The van der Waals surface area contributed by atoms with Crippen LogP contribution in [0, 0.1) is 5.82 Å². The van der Waals surface area contributed by atoms with Crippen molar-refractivity contribution in [3.63, 3.8) is 0 Å². The van der Waals surface area contributed by atoms with Crippen LogP contribution in [-0.4, -0.2) is 26.5 Å². The van der Waals surface area contributed by atoms with Gasteiger partial charge in [0.2, 0.25) is 5.03 Å². The van der Waals surface area contributed by atoms with Gasteiger partial charge in [0.15, 0.2) is 5.82 Å². The molecule has 7 nitrogen and oxygen atoms in total. The summed E-state index contributed by atoms with van der Waals surface area (Å²) < 4.78 is 38.7. The van der Waals surface area contributed by atoms with Gasteiger partial charge in [-0.05, 0) is 30.5 Å². The van der Waals surface area contributed by atoms with E-state index in [1.165, 1.54) is 12.3 Å². The van der Waals surface area contributed by atoms with Crippen LogP contribution in [0.25, 0.3) is 10.4 Å². The fourth-order valence-electron chi connectivity index (χ4n) is 1.20. The van der Waals surface area contributed by atoms with Crippen molar-refractivity contribution in [1.29, 1.82) is 0 Å². The number of hydrogen-bond acceptors (Lipinski definition) is 4. The minimum atomic E-state index is -3.92. The molecule has 18 heavy (non-hydrogen) atoms. The van der Waals surface area contributed by atoms with Crippen LogP contribution >= 0.6 is 0 Å². The molecule has 1 aromatic rings. The first-order valence-corrected chi connectivity index (χ1v) is 6.67. The molecule has 0 fully saturated rings. The average Bonchev–Trinajstić information content (AvgIpc) is 2.34. The summed E-state index contributed by atoms with van der Waals surface area (Å²) in [5, 5.41) is 2.70. The Hall–Kier alpha value is -1.70. The Morgan fingerprint density at radius 2 is 2.28 bits per heavy atom. The van der Waals surface area contributed by atoms with Gasteiger partial charge < -0.3 is 0 Å². The molecule has 1 rings (SSSR count). The summed E-state index contributed by atoms with van der Waals surface area (Å²) in [5.74, 6) is -0.890. The summed E-state index contributed by atoms with van der Waals surface area (Å²) in [6, 6.07) is 2.34. The molecule has 0 atom stereocenters. The third-order valence-corrected chi connectivity index (χ3v) is 3.41. The first-order valence-electron chi connectivity index (χ1n) is 5.19. The number of azide groups is 1. The largest absolute Gasteiger partial charge is 0.261 e. The van der Waals surface area contributed by atoms with Crippen molar-refractivity contribution in [2.24, 2.45) is 5.11 Å². The Bertz CT molecular complexity index is 542. The van der Waals surface area contributed by atoms with Gasteiger partial charge in [-0.1, -0.05) is 5.11 Å². The summed E-state index contributed by atoms with van der Waals surface area (Å²) in [6.45, 7) is 0.440. The van der Waals surface area contributed by atoms with E-state index < -0.39 is 20.9 Å². The molecule has 0 saturated heterocycles. The Balaban J connectivity index is 2.51. The first kappa shape index (κ1) is 14.4. The molecule has 9 heteroatoms. The van der Waals surface area contributed by atoms with Gasteiger partial charge in [0.25, 0.3) is 10.0 Å². The molecule has 0 spiro atoms. The van der Waals surface area contributed by atoms with Crippen molar-refractivity contribution in [3.8, 4) is 0 Å². The number of rotatable bonds is 7. The quantitative estimate of drug-likeness (QED) is 0.352. The monoisotopic (exact) mass is 273 g/mol. The maximum Gasteiger partial charge on any atom is 0.261 e. The molecule has 98 valence electrons. The number of pyridine rings is 1. The zero-order valence-corrected chi connectivity index (χ0v) is 10.3. The molecule has 0 aliphatic heterocycles. The van der Waals surface area contributed by atoms with Gasteiger partial charge in [0.05, 0.1) is 0 Å². The highest BCUT2D eigenvalue weighted by Gasteiger charge is 2.19. The topological polar surface area (TPSA) is 108 Å². The van der Waals surface area contributed by atoms with Crippen LogP contribution in [0.4, 0.5) is 4.39 Å². The molecule has 0 unspecified atom stereocenters. The molecule has 0 radical (unpaired) electrons. The molecule has 0 amide bonds. The van der Waals surface area contributed by atoms with E-state index in [1.54, 1.807) is 0 Å². The molecule has 0 saturated carbocycles. The lowest BCUT2D eigenvalue weighted by atomic mass is 10.3. The molecule has 0 aromatic carbocycles. The summed E-state index contributed by atoms with van der Waals surface area (Å²) in [5.41, 5.74) is 8.03. The number of unbranched alkanes of at least 4 members (excludes halogenated alkanes) is 1. The van der Waals surface area contributed by atoms with Crippen LogP contribution in [0.3, 0.4) is 0 Å². The summed E-state index contributed by atoms with van der Waals surface area (Å²) in [6.07, 6.45) is 2.25. The number of nitrogens with zero attached hydrogens (tertiary/aromatic N) is 4. The Morgan fingerprint density at radius 1 is 1.50 bits per heavy atom. The SMILES string of the molecule is [N-]=[N+]=NCCCCNS(=O)(=O)c1ncccc1F. The minimum absolute atomic E-state index is 0.138. The predicted octanol–water partition coefficient (Wildman–Crippen LogP) is 1.59. The van der Waals surface area contributed by atoms with Gasteiger partial charge in [-0.3, -0.25) is 0 Å². The molecule has 1 N–H and O–H groups in total. The third kappa shape index (κ3) is 4.28. The van der Waals surface area contributed by atoms with E-state index in [1.807, 2.05) is 0 Å². The second kappa shape index (κ2) is 6.90. The second-order valence-corrected chi connectivity index (χ2v) is 5.03. The van der Waals surface area contributed by atoms with Gasteiger partial charge in [-0.15, -0.1) is 0 Å². The van der Waals surface area contributed by atoms with Gasteiger partial charge in [-0.2, -0.15) is 0 Å². The van der Waals surface area contributed by atoms with E-state index in [0.717, 1.165) is 6.07 Å². The van der Waals surface area contributed by atoms with Gasteiger partial charge >= 0.3 is 0 Å². The van der Waals surface area contributed by atoms with E-state index >= 15 is 0 Å². The van der Waals surface area contributed by atoms with Gasteiger partial charge in [0.1, 0.15) is 0 Å². The maximum atomic E-state index is 13.2. The molecule has 1 aromatic heterocycles. The number of halogens is 1. The molecule has 0 aliphatic rings. The van der Waals surface area contributed by atoms with E-state index in [0.29, 0.717) is 19.4 Å². The van der Waals surface area contributed by atoms with Crippen molar-refractivity contribution in [2.75, 3.05) is 13.1 Å². The number of nitrogens with one attached hydrogen (secondary N) is 1.